The molecule has 0 spiro atoms. The van der Waals surface area contributed by atoms with Crippen molar-refractivity contribution >= 4 is 24.2 Å². The first-order valence-electron chi connectivity index (χ1n) is 5.58. The van der Waals surface area contributed by atoms with E-state index in [4.69, 9.17) is 18.7 Å². The van der Waals surface area contributed by atoms with E-state index in [9.17, 15) is 0 Å². The third-order valence-corrected chi connectivity index (χ3v) is 2.97. The third kappa shape index (κ3) is 4.08. The number of hydrogen-bond donors (Lipinski definition) is 2. The van der Waals surface area contributed by atoms with Gasteiger partial charge < -0.3 is 23.4 Å². The zero-order chi connectivity index (χ0) is 13.0. The number of nitrogens with zero attached hydrogens (tertiary/aromatic N) is 1. The third-order valence-electron chi connectivity index (χ3n) is 2.75. The van der Waals surface area contributed by atoms with Gasteiger partial charge in [0, 0.05) is 16.8 Å². The molecule has 0 amide bonds. The van der Waals surface area contributed by atoms with Crippen LogP contribution in [0.1, 0.15) is 16.7 Å². The zero-order valence-corrected chi connectivity index (χ0v) is 15.0. The van der Waals surface area contributed by atoms with Crippen LogP contribution in [0.5, 0.6) is 0 Å². The van der Waals surface area contributed by atoms with Crippen molar-refractivity contribution < 1.29 is 51.4 Å². The monoisotopic (exact) mass is 295 g/mol. The number of para-hydroxylation sites is 1. The SMILES string of the molecule is Cc1ccc(/C(=N/N)c2ccccc2N[S-])cc1.[K+]. The number of aryl methyl sites for hydroxylation is 1. The van der Waals surface area contributed by atoms with Crippen LogP contribution in [-0.4, -0.2) is 5.71 Å². The first-order valence-corrected chi connectivity index (χ1v) is 5.99. The second-order valence-electron chi connectivity index (χ2n) is 3.99. The smallest absolute Gasteiger partial charge is 0.670 e. The summed E-state index contributed by atoms with van der Waals surface area (Å²) in [6.45, 7) is 2.04. The van der Waals surface area contributed by atoms with E-state index < -0.39 is 0 Å². The van der Waals surface area contributed by atoms with Crippen LogP contribution in [0.3, 0.4) is 0 Å². The van der Waals surface area contributed by atoms with Crippen molar-refractivity contribution in [2.75, 3.05) is 4.72 Å². The first-order chi connectivity index (χ1) is 8.76. The molecule has 0 atom stereocenters. The minimum atomic E-state index is 0. The Morgan fingerprint density at radius 3 is 2.32 bits per heavy atom. The van der Waals surface area contributed by atoms with E-state index in [1.165, 1.54) is 5.56 Å². The second kappa shape index (κ2) is 8.09. The summed E-state index contributed by atoms with van der Waals surface area (Å²) in [4.78, 5) is 0. The Hall–Kier alpha value is -0.304. The van der Waals surface area contributed by atoms with Crippen LogP contribution in [0.15, 0.2) is 53.6 Å². The molecular weight excluding hydrogens is 281 g/mol. The fourth-order valence-corrected chi connectivity index (χ4v) is 1.97. The molecule has 19 heavy (non-hydrogen) atoms. The van der Waals surface area contributed by atoms with Gasteiger partial charge in [0.1, 0.15) is 0 Å². The Bertz CT molecular complexity index is 567. The van der Waals surface area contributed by atoms with Gasteiger partial charge in [0.2, 0.25) is 0 Å². The van der Waals surface area contributed by atoms with E-state index in [1.54, 1.807) is 0 Å². The second-order valence-corrected chi connectivity index (χ2v) is 4.20. The number of rotatable bonds is 3. The standard InChI is InChI=1S/C14H14N3S.K/c1-10-6-8-11(9-7-10)14(16-15)12-4-2-3-5-13(12)17-18;/h2-9,17H,15H2,1H3;/q-1;+1/b16-14-;. The molecule has 0 aliphatic rings. The summed E-state index contributed by atoms with van der Waals surface area (Å²) in [5.74, 6) is 5.52. The van der Waals surface area contributed by atoms with Gasteiger partial charge in [-0.05, 0) is 13.0 Å². The normalized spacial score (nSPS) is 10.7. The van der Waals surface area contributed by atoms with Crippen molar-refractivity contribution in [3.05, 3.63) is 65.2 Å². The van der Waals surface area contributed by atoms with Gasteiger partial charge in [0.15, 0.2) is 0 Å². The Labute approximate surface area is 161 Å². The Morgan fingerprint density at radius 2 is 1.74 bits per heavy atom. The van der Waals surface area contributed by atoms with Crippen molar-refractivity contribution in [1.29, 1.82) is 0 Å². The van der Waals surface area contributed by atoms with Gasteiger partial charge in [0.05, 0.1) is 5.71 Å². The van der Waals surface area contributed by atoms with Gasteiger partial charge >= 0.3 is 51.4 Å². The molecule has 2 aromatic carbocycles. The first kappa shape index (κ1) is 16.7. The van der Waals surface area contributed by atoms with Crippen molar-refractivity contribution in [2.45, 2.75) is 6.92 Å². The molecule has 0 saturated heterocycles. The topological polar surface area (TPSA) is 50.4 Å². The average Bonchev–Trinajstić information content (AvgIpc) is 2.42. The van der Waals surface area contributed by atoms with Gasteiger partial charge in [-0.2, -0.15) is 5.10 Å². The molecule has 5 heteroatoms. The Kier molecular flexibility index (Phi) is 7.13. The minimum absolute atomic E-state index is 0. The molecule has 0 unspecified atom stereocenters. The number of benzene rings is 2. The molecule has 0 heterocycles. The Balaban J connectivity index is 0.00000180. The average molecular weight is 295 g/mol. The number of anilines is 1. The molecule has 0 aliphatic carbocycles. The van der Waals surface area contributed by atoms with Gasteiger partial charge in [-0.25, -0.2) is 0 Å². The summed E-state index contributed by atoms with van der Waals surface area (Å²) in [6.07, 6.45) is 0. The number of hydrazone groups is 1. The van der Waals surface area contributed by atoms with E-state index in [0.29, 0.717) is 0 Å². The minimum Gasteiger partial charge on any atom is -0.670 e. The van der Waals surface area contributed by atoms with Crippen LogP contribution in [0, 0.1) is 6.92 Å². The maximum atomic E-state index is 5.52. The van der Waals surface area contributed by atoms with E-state index in [1.807, 2.05) is 55.5 Å². The summed E-state index contributed by atoms with van der Waals surface area (Å²) in [6, 6.07) is 15.8. The van der Waals surface area contributed by atoms with E-state index in [0.717, 1.165) is 22.5 Å². The van der Waals surface area contributed by atoms with E-state index in [2.05, 4.69) is 9.82 Å². The van der Waals surface area contributed by atoms with E-state index >= 15 is 0 Å². The van der Waals surface area contributed by atoms with Crippen molar-refractivity contribution in [3.8, 4) is 0 Å². The molecule has 0 aliphatic heterocycles. The molecule has 92 valence electrons. The quantitative estimate of drug-likeness (QED) is 0.266. The summed E-state index contributed by atoms with van der Waals surface area (Å²) < 4.78 is 2.74. The van der Waals surface area contributed by atoms with Gasteiger partial charge in [-0.3, -0.25) is 0 Å². The molecule has 0 saturated carbocycles. The van der Waals surface area contributed by atoms with Crippen molar-refractivity contribution in [1.82, 2.24) is 0 Å². The van der Waals surface area contributed by atoms with Gasteiger partial charge in [-0.15, -0.1) is 0 Å². The predicted octanol–water partition coefficient (Wildman–Crippen LogP) is -0.416. The van der Waals surface area contributed by atoms with Crippen LogP contribution >= 0.6 is 0 Å². The predicted molar refractivity (Wildman–Crippen MR) is 78.4 cm³/mol. The molecule has 0 radical (unpaired) electrons. The molecule has 0 fully saturated rings. The summed E-state index contributed by atoms with van der Waals surface area (Å²) in [7, 11) is 0. The number of nitrogens with two attached hydrogens (primary N) is 1. The number of nitrogens with one attached hydrogen (secondary N) is 1. The van der Waals surface area contributed by atoms with Crippen LogP contribution in [0.2, 0.25) is 0 Å². The number of hydrogen-bond acceptors (Lipinski definition) is 4. The molecular formula is C14H14KN3S. The van der Waals surface area contributed by atoms with Crippen LogP contribution in [0.25, 0.3) is 0 Å². The van der Waals surface area contributed by atoms with Gasteiger partial charge in [0.25, 0.3) is 0 Å². The largest absolute Gasteiger partial charge is 1.00 e. The fraction of sp³-hybridized carbons (Fsp3) is 0.0714. The Morgan fingerprint density at radius 1 is 1.11 bits per heavy atom. The molecule has 3 N–H and O–H groups in total. The molecule has 3 nitrogen and oxygen atoms in total. The maximum Gasteiger partial charge on any atom is 1.00 e. The van der Waals surface area contributed by atoms with Crippen LogP contribution < -0.4 is 61.9 Å². The van der Waals surface area contributed by atoms with Crippen molar-refractivity contribution in [3.63, 3.8) is 0 Å². The van der Waals surface area contributed by atoms with Crippen LogP contribution in [0.4, 0.5) is 5.69 Å². The van der Waals surface area contributed by atoms with Crippen molar-refractivity contribution in [2.24, 2.45) is 10.9 Å². The van der Waals surface area contributed by atoms with Crippen LogP contribution in [-0.2, 0) is 12.8 Å². The zero-order valence-electron chi connectivity index (χ0n) is 11.1. The summed E-state index contributed by atoms with van der Waals surface area (Å²) in [5, 5.41) is 3.90. The summed E-state index contributed by atoms with van der Waals surface area (Å²) >= 11 is 4.90. The maximum absolute atomic E-state index is 5.52. The van der Waals surface area contributed by atoms with Gasteiger partial charge in [-0.1, -0.05) is 48.0 Å². The fourth-order valence-electron chi connectivity index (χ4n) is 1.79. The molecule has 0 aromatic heterocycles. The molecule has 0 bridgehead atoms. The summed E-state index contributed by atoms with van der Waals surface area (Å²) in [5.41, 5.74) is 4.63. The molecule has 2 rings (SSSR count). The van der Waals surface area contributed by atoms with E-state index in [-0.39, 0.29) is 51.4 Å². The molecule has 2 aromatic rings.